The molecule has 82 valence electrons. The average Bonchev–Trinajstić information content (AvgIpc) is 2.43. The summed E-state index contributed by atoms with van der Waals surface area (Å²) in [6, 6.07) is 0. The van der Waals surface area contributed by atoms with Gasteiger partial charge in [-0.3, -0.25) is 4.79 Å². The van der Waals surface area contributed by atoms with Gasteiger partial charge in [0.1, 0.15) is 0 Å². The van der Waals surface area contributed by atoms with Crippen molar-refractivity contribution in [3.63, 3.8) is 0 Å². The summed E-state index contributed by atoms with van der Waals surface area (Å²) in [7, 11) is 0. The molecule has 0 radical (unpaired) electrons. The predicted molar refractivity (Wildman–Crippen MR) is 67.0 cm³/mol. The smallest absolute Gasteiger partial charge is 0.308 e. The number of halogens is 1. The fraction of sp³-hybridized carbons (Fsp3) is 0.333. The standard InChI is InChI=1S/C9H10BrNO2S2/c1-5(10)4-14-9-11-6(2)7(15-9)3-8(12)13/h1,3-4H2,2H3,(H,12,13). The van der Waals surface area contributed by atoms with Gasteiger partial charge in [-0.1, -0.05) is 34.3 Å². The number of thiazole rings is 1. The van der Waals surface area contributed by atoms with Crippen LogP contribution in [0.25, 0.3) is 0 Å². The van der Waals surface area contributed by atoms with Gasteiger partial charge in [0.25, 0.3) is 0 Å². The van der Waals surface area contributed by atoms with E-state index in [0.717, 1.165) is 25.1 Å². The molecule has 0 aromatic carbocycles. The highest BCUT2D eigenvalue weighted by molar-refractivity contribution is 9.11. The van der Waals surface area contributed by atoms with E-state index in [0.29, 0.717) is 0 Å². The molecule has 0 atom stereocenters. The van der Waals surface area contributed by atoms with Crippen LogP contribution in [-0.2, 0) is 11.2 Å². The van der Waals surface area contributed by atoms with Crippen molar-refractivity contribution in [2.24, 2.45) is 0 Å². The molecule has 1 aromatic rings. The number of aryl methyl sites for hydroxylation is 1. The molecule has 0 saturated carbocycles. The minimum Gasteiger partial charge on any atom is -0.481 e. The van der Waals surface area contributed by atoms with E-state index < -0.39 is 5.97 Å². The molecule has 0 saturated heterocycles. The Morgan fingerprint density at radius 3 is 2.93 bits per heavy atom. The first-order valence-corrected chi connectivity index (χ1v) is 6.72. The van der Waals surface area contributed by atoms with Crippen molar-refractivity contribution in [1.29, 1.82) is 0 Å². The number of carboxylic acid groups (broad SMARTS) is 1. The zero-order chi connectivity index (χ0) is 11.4. The molecule has 15 heavy (non-hydrogen) atoms. The number of nitrogens with zero attached hydrogens (tertiary/aromatic N) is 1. The van der Waals surface area contributed by atoms with Gasteiger partial charge in [-0.25, -0.2) is 4.98 Å². The van der Waals surface area contributed by atoms with Gasteiger partial charge in [-0.15, -0.1) is 11.3 Å². The summed E-state index contributed by atoms with van der Waals surface area (Å²) in [5, 5.41) is 8.67. The maximum absolute atomic E-state index is 10.5. The van der Waals surface area contributed by atoms with Crippen LogP contribution in [-0.4, -0.2) is 21.8 Å². The number of thioether (sulfide) groups is 1. The summed E-state index contributed by atoms with van der Waals surface area (Å²) in [6.45, 7) is 5.56. The van der Waals surface area contributed by atoms with Crippen LogP contribution in [0.3, 0.4) is 0 Å². The molecule has 0 bridgehead atoms. The third-order valence-electron chi connectivity index (χ3n) is 1.54. The van der Waals surface area contributed by atoms with E-state index in [1.54, 1.807) is 11.8 Å². The lowest BCUT2D eigenvalue weighted by Gasteiger charge is -1.92. The minimum absolute atomic E-state index is 0.0549. The summed E-state index contributed by atoms with van der Waals surface area (Å²) in [5.74, 6) is -0.0670. The lowest BCUT2D eigenvalue weighted by molar-refractivity contribution is -0.136. The van der Waals surface area contributed by atoms with Crippen LogP contribution in [0.5, 0.6) is 0 Å². The maximum atomic E-state index is 10.5. The number of carboxylic acids is 1. The lowest BCUT2D eigenvalue weighted by Crippen LogP contribution is -1.99. The Balaban J connectivity index is 2.68. The molecule has 3 nitrogen and oxygen atoms in total. The number of rotatable bonds is 5. The fourth-order valence-electron chi connectivity index (χ4n) is 0.904. The van der Waals surface area contributed by atoms with Gasteiger partial charge in [-0.05, 0) is 11.4 Å². The van der Waals surface area contributed by atoms with Crippen molar-refractivity contribution in [3.8, 4) is 0 Å². The van der Waals surface area contributed by atoms with Crippen LogP contribution in [0.4, 0.5) is 0 Å². The summed E-state index contributed by atoms with van der Waals surface area (Å²) < 4.78 is 1.80. The number of hydrogen-bond donors (Lipinski definition) is 1. The van der Waals surface area contributed by atoms with Crippen molar-refractivity contribution >= 4 is 45.0 Å². The molecule has 1 N–H and O–H groups in total. The monoisotopic (exact) mass is 307 g/mol. The third kappa shape index (κ3) is 4.36. The van der Waals surface area contributed by atoms with E-state index in [-0.39, 0.29) is 6.42 Å². The van der Waals surface area contributed by atoms with E-state index in [2.05, 4.69) is 27.5 Å². The Hall–Kier alpha value is -0.330. The molecular formula is C9H10BrNO2S2. The first kappa shape index (κ1) is 12.7. The highest BCUT2D eigenvalue weighted by Crippen LogP contribution is 2.29. The quantitative estimate of drug-likeness (QED) is 0.849. The second kappa shape index (κ2) is 5.67. The molecule has 1 heterocycles. The highest BCUT2D eigenvalue weighted by atomic mass is 79.9. The molecule has 0 aliphatic carbocycles. The van der Waals surface area contributed by atoms with Crippen molar-refractivity contribution in [2.75, 3.05) is 5.75 Å². The topological polar surface area (TPSA) is 50.2 Å². The Labute approximate surface area is 105 Å². The SMILES string of the molecule is C=C(Br)CSc1nc(C)c(CC(=O)O)s1. The van der Waals surface area contributed by atoms with Crippen LogP contribution in [0.1, 0.15) is 10.6 Å². The van der Waals surface area contributed by atoms with E-state index >= 15 is 0 Å². The van der Waals surface area contributed by atoms with Crippen LogP contribution < -0.4 is 0 Å². The van der Waals surface area contributed by atoms with Gasteiger partial charge in [0.15, 0.2) is 4.34 Å². The van der Waals surface area contributed by atoms with Gasteiger partial charge in [0.2, 0.25) is 0 Å². The Morgan fingerprint density at radius 1 is 1.73 bits per heavy atom. The van der Waals surface area contributed by atoms with Crippen molar-refractivity contribution in [1.82, 2.24) is 4.98 Å². The molecule has 0 amide bonds. The van der Waals surface area contributed by atoms with Gasteiger partial charge in [-0.2, -0.15) is 0 Å². The summed E-state index contributed by atoms with van der Waals surface area (Å²) in [4.78, 5) is 15.7. The zero-order valence-corrected chi connectivity index (χ0v) is 11.3. The minimum atomic E-state index is -0.816. The summed E-state index contributed by atoms with van der Waals surface area (Å²) in [5.41, 5.74) is 0.810. The predicted octanol–water partition coefficient (Wildman–Crippen LogP) is 3.08. The molecule has 0 unspecified atom stereocenters. The molecule has 0 spiro atoms. The average molecular weight is 308 g/mol. The number of aliphatic carboxylic acids is 1. The molecule has 1 aromatic heterocycles. The Morgan fingerprint density at radius 2 is 2.40 bits per heavy atom. The van der Waals surface area contributed by atoms with Crippen LogP contribution in [0.2, 0.25) is 0 Å². The Kier molecular flexibility index (Phi) is 4.82. The van der Waals surface area contributed by atoms with Gasteiger partial charge in [0.05, 0.1) is 12.1 Å². The van der Waals surface area contributed by atoms with Gasteiger partial charge in [0, 0.05) is 10.6 Å². The number of hydrogen-bond acceptors (Lipinski definition) is 4. The summed E-state index contributed by atoms with van der Waals surface area (Å²) in [6.07, 6.45) is 0.0549. The maximum Gasteiger partial charge on any atom is 0.308 e. The van der Waals surface area contributed by atoms with Crippen LogP contribution in [0, 0.1) is 6.92 Å². The number of carbonyl (C=O) groups is 1. The molecule has 0 aliphatic heterocycles. The largest absolute Gasteiger partial charge is 0.481 e. The molecule has 6 heteroatoms. The van der Waals surface area contributed by atoms with Crippen LogP contribution in [0.15, 0.2) is 15.4 Å². The lowest BCUT2D eigenvalue weighted by atomic mass is 10.3. The first-order chi connectivity index (χ1) is 6.99. The molecule has 0 fully saturated rings. The van der Waals surface area contributed by atoms with Crippen molar-refractivity contribution < 1.29 is 9.90 Å². The van der Waals surface area contributed by atoms with E-state index in [9.17, 15) is 4.79 Å². The van der Waals surface area contributed by atoms with E-state index in [1.165, 1.54) is 11.3 Å². The number of aromatic nitrogens is 1. The van der Waals surface area contributed by atoms with Crippen molar-refractivity contribution in [2.45, 2.75) is 17.7 Å². The second-order valence-electron chi connectivity index (χ2n) is 2.86. The highest BCUT2D eigenvalue weighted by Gasteiger charge is 2.11. The molecule has 0 aliphatic rings. The normalized spacial score (nSPS) is 10.3. The Bertz CT molecular complexity index is 389. The molecule has 1 rings (SSSR count). The first-order valence-electron chi connectivity index (χ1n) is 4.13. The third-order valence-corrected chi connectivity index (χ3v) is 4.58. The molecular weight excluding hydrogens is 298 g/mol. The van der Waals surface area contributed by atoms with E-state index in [4.69, 9.17) is 5.11 Å². The van der Waals surface area contributed by atoms with Gasteiger partial charge >= 0.3 is 5.97 Å². The van der Waals surface area contributed by atoms with E-state index in [1.807, 2.05) is 6.92 Å². The summed E-state index contributed by atoms with van der Waals surface area (Å²) >= 11 is 6.26. The zero-order valence-electron chi connectivity index (χ0n) is 8.12. The van der Waals surface area contributed by atoms with Crippen LogP contribution >= 0.6 is 39.0 Å². The second-order valence-corrected chi connectivity index (χ2v) is 6.29. The van der Waals surface area contributed by atoms with Crippen molar-refractivity contribution in [3.05, 3.63) is 21.6 Å². The fourth-order valence-corrected chi connectivity index (χ4v) is 3.23. The van der Waals surface area contributed by atoms with Gasteiger partial charge < -0.3 is 5.11 Å².